The van der Waals surface area contributed by atoms with Gasteiger partial charge in [0.05, 0.1) is 19.1 Å². The quantitative estimate of drug-likeness (QED) is 0.482. The van der Waals surface area contributed by atoms with Gasteiger partial charge in [0.2, 0.25) is 0 Å². The van der Waals surface area contributed by atoms with E-state index in [2.05, 4.69) is 10.8 Å². The van der Waals surface area contributed by atoms with Crippen LogP contribution in [0.1, 0.15) is 26.2 Å². The highest BCUT2D eigenvalue weighted by Crippen LogP contribution is 2.12. The summed E-state index contributed by atoms with van der Waals surface area (Å²) in [5.41, 5.74) is 0. The number of hydrogen-bond acceptors (Lipinski definition) is 4. The summed E-state index contributed by atoms with van der Waals surface area (Å²) in [5.74, 6) is 1.65. The molecule has 0 aromatic heterocycles. The first-order chi connectivity index (χ1) is 6.72. The van der Waals surface area contributed by atoms with Crippen molar-refractivity contribution in [3.8, 4) is 6.07 Å². The molecule has 0 radical (unpaired) electrons. The minimum atomic E-state index is -0.144. The lowest BCUT2D eigenvalue weighted by atomic mass is 10.2. The summed E-state index contributed by atoms with van der Waals surface area (Å²) in [6.45, 7) is 1.87. The number of unbranched alkanes of at least 4 members (excludes halogenated alkanes) is 2. The molecular weight excluding hydrogens is 198 g/mol. The number of carbonyl (C=O) groups excluding carboxylic acids is 1. The zero-order chi connectivity index (χ0) is 10.8. The highest BCUT2D eigenvalue weighted by atomic mass is 32.2. The molecule has 1 atom stereocenters. The number of rotatable bonds is 7. The molecule has 0 aromatic rings. The molecule has 0 aromatic carbocycles. The molecule has 0 saturated carbocycles. The molecule has 0 N–H and O–H groups in total. The van der Waals surface area contributed by atoms with Crippen molar-refractivity contribution in [2.24, 2.45) is 5.92 Å². The summed E-state index contributed by atoms with van der Waals surface area (Å²) >= 11 is 1.75. The van der Waals surface area contributed by atoms with Crippen LogP contribution in [0.25, 0.3) is 0 Å². The van der Waals surface area contributed by atoms with Gasteiger partial charge in [-0.2, -0.15) is 17.0 Å². The van der Waals surface area contributed by atoms with Gasteiger partial charge in [-0.3, -0.25) is 4.79 Å². The van der Waals surface area contributed by atoms with Crippen LogP contribution in [-0.2, 0) is 9.53 Å². The van der Waals surface area contributed by atoms with E-state index < -0.39 is 0 Å². The van der Waals surface area contributed by atoms with Crippen molar-refractivity contribution < 1.29 is 9.53 Å². The van der Waals surface area contributed by atoms with Crippen molar-refractivity contribution in [1.29, 1.82) is 5.26 Å². The predicted octanol–water partition coefficient (Wildman–Crippen LogP) is 2.22. The Balaban J connectivity index is 3.28. The van der Waals surface area contributed by atoms with Crippen LogP contribution < -0.4 is 0 Å². The van der Waals surface area contributed by atoms with Crippen LogP contribution in [0.5, 0.6) is 0 Å². The Labute approximate surface area is 89.8 Å². The number of ether oxygens (including phenoxy) is 1. The van der Waals surface area contributed by atoms with Gasteiger partial charge in [-0.15, -0.1) is 0 Å². The number of nitriles is 1. The molecule has 0 bridgehead atoms. The van der Waals surface area contributed by atoms with Crippen LogP contribution in [-0.4, -0.2) is 24.6 Å². The molecule has 0 aliphatic carbocycles. The van der Waals surface area contributed by atoms with Crippen LogP contribution in [0.3, 0.4) is 0 Å². The maximum atomic E-state index is 11.0. The number of esters is 1. The molecule has 0 rings (SSSR count). The molecule has 0 aliphatic heterocycles. The van der Waals surface area contributed by atoms with E-state index in [1.807, 2.05) is 6.92 Å². The molecule has 0 heterocycles. The lowest BCUT2D eigenvalue weighted by Gasteiger charge is -2.07. The summed E-state index contributed by atoms with van der Waals surface area (Å²) < 4.78 is 4.61. The Bertz CT molecular complexity index is 201. The molecule has 4 heteroatoms. The minimum Gasteiger partial charge on any atom is -0.469 e. The third kappa shape index (κ3) is 6.79. The fraction of sp³-hybridized carbons (Fsp3) is 0.800. The Kier molecular flexibility index (Phi) is 8.45. The standard InChI is InChI=1S/C10H17NO2S/c1-9(10(12)13-2)8-14-7-5-3-4-6-11/h9H,3-5,7-8H2,1-2H3. The van der Waals surface area contributed by atoms with Crippen LogP contribution in [0.2, 0.25) is 0 Å². The Morgan fingerprint density at radius 1 is 1.57 bits per heavy atom. The van der Waals surface area contributed by atoms with Crippen LogP contribution in [0.15, 0.2) is 0 Å². The third-order valence-electron chi connectivity index (χ3n) is 1.80. The Morgan fingerprint density at radius 2 is 2.29 bits per heavy atom. The van der Waals surface area contributed by atoms with Crippen LogP contribution in [0.4, 0.5) is 0 Å². The van der Waals surface area contributed by atoms with Gasteiger partial charge in [0.15, 0.2) is 0 Å². The summed E-state index contributed by atoms with van der Waals surface area (Å²) in [4.78, 5) is 11.0. The van der Waals surface area contributed by atoms with E-state index in [1.165, 1.54) is 7.11 Å². The first kappa shape index (κ1) is 13.3. The van der Waals surface area contributed by atoms with Gasteiger partial charge in [-0.05, 0) is 18.6 Å². The SMILES string of the molecule is COC(=O)C(C)CSCCCCC#N. The van der Waals surface area contributed by atoms with Crippen molar-refractivity contribution >= 4 is 17.7 Å². The molecule has 1 unspecified atom stereocenters. The lowest BCUT2D eigenvalue weighted by molar-refractivity contribution is -0.143. The lowest BCUT2D eigenvalue weighted by Crippen LogP contribution is -2.15. The second-order valence-corrected chi connectivity index (χ2v) is 4.26. The Morgan fingerprint density at radius 3 is 2.86 bits per heavy atom. The normalized spacial score (nSPS) is 11.8. The second-order valence-electron chi connectivity index (χ2n) is 3.11. The second kappa shape index (κ2) is 8.89. The summed E-state index contributed by atoms with van der Waals surface area (Å²) in [5, 5.41) is 8.30. The smallest absolute Gasteiger partial charge is 0.309 e. The van der Waals surface area contributed by atoms with Crippen molar-refractivity contribution in [2.75, 3.05) is 18.6 Å². The van der Waals surface area contributed by atoms with E-state index in [4.69, 9.17) is 5.26 Å². The average Bonchev–Trinajstić information content (AvgIpc) is 2.21. The highest BCUT2D eigenvalue weighted by molar-refractivity contribution is 7.99. The molecule has 0 saturated heterocycles. The van der Waals surface area contributed by atoms with E-state index in [-0.39, 0.29) is 11.9 Å². The summed E-state index contributed by atoms with van der Waals surface area (Å²) in [6, 6.07) is 2.11. The number of thioether (sulfide) groups is 1. The van der Waals surface area contributed by atoms with Gasteiger partial charge < -0.3 is 4.74 Å². The van der Waals surface area contributed by atoms with E-state index in [9.17, 15) is 4.79 Å². The van der Waals surface area contributed by atoms with Crippen molar-refractivity contribution in [3.63, 3.8) is 0 Å². The van der Waals surface area contributed by atoms with E-state index in [1.54, 1.807) is 11.8 Å². The molecule has 80 valence electrons. The van der Waals surface area contributed by atoms with Crippen molar-refractivity contribution in [1.82, 2.24) is 0 Å². The zero-order valence-electron chi connectivity index (χ0n) is 8.78. The van der Waals surface area contributed by atoms with E-state index in [0.29, 0.717) is 6.42 Å². The first-order valence-electron chi connectivity index (χ1n) is 4.75. The average molecular weight is 215 g/mol. The molecule has 0 fully saturated rings. The van der Waals surface area contributed by atoms with E-state index in [0.717, 1.165) is 24.3 Å². The summed E-state index contributed by atoms with van der Waals surface area (Å²) in [6.07, 6.45) is 2.63. The first-order valence-corrected chi connectivity index (χ1v) is 5.90. The molecule has 14 heavy (non-hydrogen) atoms. The van der Waals surface area contributed by atoms with Gasteiger partial charge >= 0.3 is 5.97 Å². The van der Waals surface area contributed by atoms with Gasteiger partial charge in [-0.25, -0.2) is 0 Å². The number of carbonyl (C=O) groups is 1. The number of nitrogens with zero attached hydrogens (tertiary/aromatic N) is 1. The van der Waals surface area contributed by atoms with Gasteiger partial charge in [0.25, 0.3) is 0 Å². The topological polar surface area (TPSA) is 50.1 Å². The van der Waals surface area contributed by atoms with E-state index >= 15 is 0 Å². The van der Waals surface area contributed by atoms with Gasteiger partial charge in [0.1, 0.15) is 0 Å². The predicted molar refractivity (Wildman–Crippen MR) is 58.0 cm³/mol. The van der Waals surface area contributed by atoms with Crippen molar-refractivity contribution in [3.05, 3.63) is 0 Å². The molecule has 0 aliphatic rings. The zero-order valence-corrected chi connectivity index (χ0v) is 9.60. The van der Waals surface area contributed by atoms with Crippen LogP contribution >= 0.6 is 11.8 Å². The fourth-order valence-electron chi connectivity index (χ4n) is 0.938. The molecule has 0 spiro atoms. The Hall–Kier alpha value is -0.690. The van der Waals surface area contributed by atoms with Gasteiger partial charge in [0, 0.05) is 12.2 Å². The molecule has 0 amide bonds. The summed E-state index contributed by atoms with van der Waals surface area (Å²) in [7, 11) is 1.41. The molecule has 3 nitrogen and oxygen atoms in total. The fourth-order valence-corrected chi connectivity index (χ4v) is 2.00. The minimum absolute atomic E-state index is 0.0269. The van der Waals surface area contributed by atoms with Crippen LogP contribution in [0, 0.1) is 17.2 Å². The third-order valence-corrected chi connectivity index (χ3v) is 3.11. The van der Waals surface area contributed by atoms with Gasteiger partial charge in [-0.1, -0.05) is 6.92 Å². The highest BCUT2D eigenvalue weighted by Gasteiger charge is 2.11. The monoisotopic (exact) mass is 215 g/mol. The number of methoxy groups -OCH3 is 1. The maximum absolute atomic E-state index is 11.0. The van der Waals surface area contributed by atoms with Crippen molar-refractivity contribution in [2.45, 2.75) is 26.2 Å². The molecular formula is C10H17NO2S. The maximum Gasteiger partial charge on any atom is 0.309 e. The number of hydrogen-bond donors (Lipinski definition) is 0. The largest absolute Gasteiger partial charge is 0.469 e.